The van der Waals surface area contributed by atoms with E-state index < -0.39 is 30.1 Å². The van der Waals surface area contributed by atoms with Gasteiger partial charge in [0.15, 0.2) is 0 Å². The number of hydrogen-bond acceptors (Lipinski definition) is 25. The van der Waals surface area contributed by atoms with Crippen molar-refractivity contribution in [3.05, 3.63) is 176 Å². The SMILES string of the molecule is CCOC(=O)Cc1coc2ccc3cc(OCCBr)ccc3c12.CCOC(=O)Cc1coc2ccc3cc(OCCN4CCN(S(C)(=O)=O)CC4)ccc3c12.CS(=O)(=O)N1CCN(CCOc2ccc3c(ccc4occ(C5CCC(=O)CC5=O)c43)c2)CC1.CS(=O)(=O)N1CCN(CCOc2ccc3c(ccc4occ(C5CCC(=O)CC5=O)c43)c2)CC1.[CH3-].[W]. The van der Waals surface area contributed by atoms with E-state index in [-0.39, 0.29) is 101 Å². The Bertz CT molecular complexity index is 6060. The summed E-state index contributed by atoms with van der Waals surface area (Å²) in [4.78, 5) is 78.7. The minimum atomic E-state index is -3.13. The van der Waals surface area contributed by atoms with Crippen LogP contribution in [0.1, 0.15) is 86.5 Å². The number of furan rings is 4. The smallest absolute Gasteiger partial charge is 0.310 e. The fourth-order valence-electron chi connectivity index (χ4n) is 16.7. The molecule has 125 heavy (non-hydrogen) atoms. The monoisotopic (exact) mass is 2000 g/mol. The van der Waals surface area contributed by atoms with Crippen molar-refractivity contribution < 1.29 is 121 Å². The second-order valence-electron chi connectivity index (χ2n) is 31.3. The summed E-state index contributed by atoms with van der Waals surface area (Å²) in [5.74, 6) is 1.93. The molecule has 2 unspecified atom stereocenters. The van der Waals surface area contributed by atoms with Crippen molar-refractivity contribution in [3.8, 4) is 23.0 Å². The molecule has 12 aromatic rings. The molecular weight excluding hydrogens is 1900 g/mol. The van der Waals surface area contributed by atoms with Crippen LogP contribution in [0.15, 0.2) is 164 Å². The first kappa shape index (κ1) is 94.7. The minimum absolute atomic E-state index is 0. The summed E-state index contributed by atoms with van der Waals surface area (Å²) in [5.41, 5.74) is 6.34. The van der Waals surface area contributed by atoms with Gasteiger partial charge in [0, 0.05) is 193 Å². The Morgan fingerprint density at radius 2 is 0.688 bits per heavy atom. The van der Waals surface area contributed by atoms with Gasteiger partial charge < -0.3 is 53.5 Å². The molecule has 666 valence electrons. The average molecular weight is 2010 g/mol. The summed E-state index contributed by atoms with van der Waals surface area (Å²) >= 11 is 3.35. The molecule has 17 rings (SSSR count). The number of piperazine rings is 3. The minimum Gasteiger partial charge on any atom is -0.493 e. The number of carbonyl (C=O) groups is 6. The zero-order valence-electron chi connectivity index (χ0n) is 70.9. The maximum Gasteiger partial charge on any atom is 0.310 e. The van der Waals surface area contributed by atoms with Gasteiger partial charge in [-0.05, 0) is 167 Å². The van der Waals surface area contributed by atoms with Crippen LogP contribution >= 0.6 is 15.9 Å². The topological polar surface area (TPSA) is 332 Å². The number of fused-ring (bicyclic) bond motifs is 12. The molecular formula is C92H104BrN6O22S3W-. The molecule has 0 N–H and O–H groups in total. The third kappa shape index (κ3) is 23.5. The second kappa shape index (κ2) is 42.4. The van der Waals surface area contributed by atoms with E-state index in [9.17, 15) is 54.0 Å². The standard InChI is InChI=1S/2C25H28N2O6S.C23H28N2O6S.C18H17BrO4.CH3.W/c2*1-34(30,31)27-10-8-26(9-11-27)12-13-32-19-4-6-20-17(14-19)2-7-24-25(20)22(16-33-24)21-5-3-18(28)15-23(21)29;1-3-29-22(26)15-18-16-31-21-7-4-17-14-19(5-6-20(17)23(18)21)30-13-12-24-8-10-25(11-9-24)32(2,27)28;1-2-21-17(20)10-13-11-23-16-6-3-12-9-14(22-8-7-19)4-5-15(12)18(13)16;;/h2*2,4,6-7,14,16,21H,3,5,8-13,15H2,1H3;4-7,14,16H,3,8-13,15H2,1-2H3;3-6,9,11H,2,7-8,10H2,1H3;1H3;/q;;;;-1;. The first-order valence-electron chi connectivity index (χ1n) is 41.4. The van der Waals surface area contributed by atoms with Gasteiger partial charge in [0.25, 0.3) is 0 Å². The van der Waals surface area contributed by atoms with Gasteiger partial charge in [-0.25, -0.2) is 25.3 Å². The maximum atomic E-state index is 12.5. The molecule has 2 saturated carbocycles. The first-order valence-corrected chi connectivity index (χ1v) is 48.1. The number of rotatable bonds is 26. The van der Waals surface area contributed by atoms with Crippen LogP contribution in [-0.2, 0) is 102 Å². The van der Waals surface area contributed by atoms with Crippen LogP contribution in [0.25, 0.3) is 87.0 Å². The zero-order chi connectivity index (χ0) is 86.7. The van der Waals surface area contributed by atoms with E-state index in [1.54, 1.807) is 38.9 Å². The Morgan fingerprint density at radius 1 is 0.400 bits per heavy atom. The predicted octanol–water partition coefficient (Wildman–Crippen LogP) is 13.5. The molecule has 5 aliphatic rings. The molecule has 4 aromatic heterocycles. The zero-order valence-corrected chi connectivity index (χ0v) is 77.9. The number of carbonyl (C=O) groups excluding carboxylic acids is 6. The summed E-state index contributed by atoms with van der Waals surface area (Å²) in [5, 5.41) is 12.6. The number of nitrogens with zero attached hydrogens (tertiary/aromatic N) is 6. The van der Waals surface area contributed by atoms with Crippen molar-refractivity contribution in [1.29, 1.82) is 0 Å². The molecule has 2 atom stereocenters. The fraction of sp³-hybridized carbons (Fsp3) is 0.402. The van der Waals surface area contributed by atoms with Gasteiger partial charge >= 0.3 is 11.9 Å². The quantitative estimate of drug-likeness (QED) is 0.0210. The van der Waals surface area contributed by atoms with Crippen LogP contribution in [0.5, 0.6) is 23.0 Å². The second-order valence-corrected chi connectivity index (χ2v) is 38.0. The van der Waals surface area contributed by atoms with Crippen LogP contribution in [-0.4, -0.2) is 250 Å². The Morgan fingerprint density at radius 3 is 0.976 bits per heavy atom. The van der Waals surface area contributed by atoms with Gasteiger partial charge in [0.1, 0.15) is 88.3 Å². The average Bonchev–Trinajstić information content (AvgIpc) is 1.63. The van der Waals surface area contributed by atoms with Gasteiger partial charge in [-0.2, -0.15) is 12.9 Å². The van der Waals surface area contributed by atoms with Crippen LogP contribution in [0.2, 0.25) is 0 Å². The van der Waals surface area contributed by atoms with Gasteiger partial charge in [-0.15, -0.1) is 0 Å². The molecule has 0 amide bonds. The molecule has 3 aliphatic heterocycles. The van der Waals surface area contributed by atoms with E-state index in [0.29, 0.717) is 144 Å². The van der Waals surface area contributed by atoms with Crippen molar-refractivity contribution in [3.63, 3.8) is 0 Å². The van der Waals surface area contributed by atoms with Crippen LogP contribution < -0.4 is 18.9 Å². The Kier molecular flexibility index (Phi) is 32.2. The Hall–Kier alpha value is -9.44. The number of halogens is 1. The van der Waals surface area contributed by atoms with E-state index in [0.717, 1.165) is 157 Å². The molecule has 33 heteroatoms. The van der Waals surface area contributed by atoms with Gasteiger partial charge in [-0.1, -0.05) is 40.2 Å². The van der Waals surface area contributed by atoms with Gasteiger partial charge in [0.05, 0.1) is 89.3 Å². The number of alkyl halides is 1. The third-order valence-electron chi connectivity index (χ3n) is 23.1. The van der Waals surface area contributed by atoms with Crippen molar-refractivity contribution >= 4 is 168 Å². The maximum absolute atomic E-state index is 12.5. The van der Waals surface area contributed by atoms with Crippen molar-refractivity contribution in [1.82, 2.24) is 27.6 Å². The molecule has 8 aromatic carbocycles. The van der Waals surface area contributed by atoms with Crippen molar-refractivity contribution in [2.75, 3.05) is 162 Å². The molecule has 2 aliphatic carbocycles. The van der Waals surface area contributed by atoms with E-state index >= 15 is 0 Å². The largest absolute Gasteiger partial charge is 0.493 e. The predicted molar refractivity (Wildman–Crippen MR) is 480 cm³/mol. The summed E-state index contributed by atoms with van der Waals surface area (Å²) < 4.78 is 131. The molecule has 7 heterocycles. The summed E-state index contributed by atoms with van der Waals surface area (Å²) in [6.45, 7) is 15.9. The van der Waals surface area contributed by atoms with Crippen molar-refractivity contribution in [2.24, 2.45) is 0 Å². The molecule has 0 radical (unpaired) electrons. The van der Waals surface area contributed by atoms with E-state index in [1.165, 1.54) is 31.7 Å². The summed E-state index contributed by atoms with van der Waals surface area (Å²) in [6.07, 6.45) is 12.6. The number of benzene rings is 8. The van der Waals surface area contributed by atoms with Gasteiger partial charge in [-0.3, -0.25) is 43.5 Å². The fourth-order valence-corrected chi connectivity index (χ4v) is 19.4. The first-order chi connectivity index (χ1) is 59.2. The molecule has 0 spiro atoms. The Balaban J connectivity index is 0.000000152. The normalized spacial score (nSPS) is 17.5. The number of esters is 2. The van der Waals surface area contributed by atoms with Crippen molar-refractivity contribution in [2.45, 2.75) is 77.0 Å². The number of hydrogen-bond donors (Lipinski definition) is 0. The van der Waals surface area contributed by atoms with Crippen LogP contribution in [0.3, 0.4) is 0 Å². The summed E-state index contributed by atoms with van der Waals surface area (Å²) in [6, 6.07) is 39.2. The van der Waals surface area contributed by atoms with E-state index in [4.69, 9.17) is 46.1 Å². The van der Waals surface area contributed by atoms with Crippen LogP contribution in [0.4, 0.5) is 0 Å². The molecule has 0 bridgehead atoms. The number of Topliss-reactive ketones (excluding diaryl/α,β-unsaturated/α-hetero) is 4. The number of ketones is 4. The molecule has 5 fully saturated rings. The summed E-state index contributed by atoms with van der Waals surface area (Å²) in [7, 11) is -9.37. The Labute approximate surface area is 749 Å². The number of ether oxygens (including phenoxy) is 6. The molecule has 3 saturated heterocycles. The van der Waals surface area contributed by atoms with E-state index in [2.05, 4.69) is 30.6 Å². The number of sulfonamides is 3. The van der Waals surface area contributed by atoms with E-state index in [1.807, 2.05) is 121 Å². The van der Waals surface area contributed by atoms with Crippen LogP contribution in [0, 0.1) is 7.43 Å². The van der Waals surface area contributed by atoms with Gasteiger partial charge in [0.2, 0.25) is 30.1 Å². The molecule has 28 nitrogen and oxygen atoms in total. The third-order valence-corrected chi connectivity index (χ3v) is 27.3.